The zero-order valence-electron chi connectivity index (χ0n) is 14.5. The second-order valence-corrected chi connectivity index (χ2v) is 6.30. The first-order valence-electron chi connectivity index (χ1n) is 8.65. The highest BCUT2D eigenvalue weighted by atomic mass is 19.1. The molecule has 3 heterocycles. The van der Waals surface area contributed by atoms with Crippen molar-refractivity contribution in [2.75, 3.05) is 13.2 Å². The summed E-state index contributed by atoms with van der Waals surface area (Å²) in [6.07, 6.45) is 6.22. The Morgan fingerprint density at radius 1 is 1.44 bits per heavy atom. The number of hydrogen-bond acceptors (Lipinski definition) is 4. The molecule has 0 spiro atoms. The number of aromatic nitrogens is 3. The van der Waals surface area contributed by atoms with Gasteiger partial charge < -0.3 is 10.1 Å². The Bertz CT molecular complexity index is 740. The Morgan fingerprint density at radius 3 is 2.88 bits per heavy atom. The zero-order chi connectivity index (χ0) is 17.8. The molecule has 0 aromatic carbocycles. The van der Waals surface area contributed by atoms with Crippen LogP contribution in [-0.4, -0.2) is 33.9 Å². The lowest BCUT2D eigenvalue weighted by Crippen LogP contribution is -2.28. The van der Waals surface area contributed by atoms with Gasteiger partial charge in [-0.25, -0.2) is 4.39 Å². The van der Waals surface area contributed by atoms with Crippen LogP contribution in [0.1, 0.15) is 60.3 Å². The lowest BCUT2D eigenvalue weighted by Gasteiger charge is -2.21. The van der Waals surface area contributed by atoms with E-state index in [1.807, 2.05) is 13.8 Å². The maximum atomic E-state index is 13.3. The number of pyridine rings is 1. The van der Waals surface area contributed by atoms with Gasteiger partial charge >= 0.3 is 0 Å². The first kappa shape index (κ1) is 17.5. The fourth-order valence-corrected chi connectivity index (χ4v) is 3.07. The minimum absolute atomic E-state index is 0.196. The van der Waals surface area contributed by atoms with Crippen molar-refractivity contribution in [2.45, 2.75) is 45.2 Å². The topological polar surface area (TPSA) is 69.0 Å². The Hall–Kier alpha value is -2.28. The summed E-state index contributed by atoms with van der Waals surface area (Å²) in [5.41, 5.74) is 2.04. The SMILES string of the molecule is CCn1cc(C(=O)NC(C)c2cncc(F)c2)c(C2CCOCC2)n1. The normalized spacial score (nSPS) is 16.6. The first-order chi connectivity index (χ1) is 12.1. The lowest BCUT2D eigenvalue weighted by molar-refractivity contribution is 0.0831. The second kappa shape index (κ2) is 7.74. The molecule has 3 rings (SSSR count). The molecular weight excluding hydrogens is 323 g/mol. The Morgan fingerprint density at radius 2 is 2.20 bits per heavy atom. The van der Waals surface area contributed by atoms with Crippen LogP contribution in [0.25, 0.3) is 0 Å². The van der Waals surface area contributed by atoms with E-state index in [4.69, 9.17) is 4.74 Å². The molecule has 1 fully saturated rings. The van der Waals surface area contributed by atoms with Gasteiger partial charge in [0.1, 0.15) is 5.82 Å². The van der Waals surface area contributed by atoms with Crippen LogP contribution in [0, 0.1) is 5.82 Å². The number of nitrogens with one attached hydrogen (secondary N) is 1. The zero-order valence-corrected chi connectivity index (χ0v) is 14.5. The van der Waals surface area contributed by atoms with Crippen molar-refractivity contribution in [3.63, 3.8) is 0 Å². The fraction of sp³-hybridized carbons (Fsp3) is 0.500. The molecule has 1 atom stereocenters. The summed E-state index contributed by atoms with van der Waals surface area (Å²) >= 11 is 0. The van der Waals surface area contributed by atoms with Gasteiger partial charge in [-0.05, 0) is 38.3 Å². The molecule has 0 bridgehead atoms. The molecule has 2 aromatic rings. The van der Waals surface area contributed by atoms with Crippen molar-refractivity contribution < 1.29 is 13.9 Å². The van der Waals surface area contributed by atoms with E-state index < -0.39 is 5.82 Å². The fourth-order valence-electron chi connectivity index (χ4n) is 3.07. The molecule has 0 radical (unpaired) electrons. The molecular formula is C18H23FN4O2. The van der Waals surface area contributed by atoms with Crippen LogP contribution in [0.5, 0.6) is 0 Å². The number of carbonyl (C=O) groups excluding carboxylic acids is 1. The monoisotopic (exact) mass is 346 g/mol. The van der Waals surface area contributed by atoms with Gasteiger partial charge in [0.25, 0.3) is 5.91 Å². The van der Waals surface area contributed by atoms with Gasteiger partial charge in [-0.3, -0.25) is 14.5 Å². The average molecular weight is 346 g/mol. The second-order valence-electron chi connectivity index (χ2n) is 6.30. The van der Waals surface area contributed by atoms with E-state index in [2.05, 4.69) is 15.4 Å². The molecule has 1 saturated heterocycles. The first-order valence-corrected chi connectivity index (χ1v) is 8.65. The van der Waals surface area contributed by atoms with Crippen LogP contribution in [-0.2, 0) is 11.3 Å². The molecule has 2 aromatic heterocycles. The molecule has 1 amide bonds. The number of nitrogens with zero attached hydrogens (tertiary/aromatic N) is 3. The van der Waals surface area contributed by atoms with E-state index in [1.54, 1.807) is 17.1 Å². The van der Waals surface area contributed by atoms with Crippen molar-refractivity contribution in [3.8, 4) is 0 Å². The van der Waals surface area contributed by atoms with Gasteiger partial charge in [0.15, 0.2) is 0 Å². The summed E-state index contributed by atoms with van der Waals surface area (Å²) in [5, 5.41) is 7.52. The van der Waals surface area contributed by atoms with Gasteiger partial charge in [0.05, 0.1) is 23.5 Å². The Balaban J connectivity index is 1.80. The molecule has 1 N–H and O–H groups in total. The third-order valence-corrected chi connectivity index (χ3v) is 4.54. The van der Waals surface area contributed by atoms with Crippen LogP contribution in [0.4, 0.5) is 4.39 Å². The third-order valence-electron chi connectivity index (χ3n) is 4.54. The summed E-state index contributed by atoms with van der Waals surface area (Å²) in [4.78, 5) is 16.6. The third kappa shape index (κ3) is 4.04. The maximum absolute atomic E-state index is 13.3. The quantitative estimate of drug-likeness (QED) is 0.904. The number of carbonyl (C=O) groups is 1. The minimum atomic E-state index is -0.416. The molecule has 0 saturated carbocycles. The molecule has 0 aliphatic carbocycles. The number of aryl methyl sites for hydroxylation is 1. The Labute approximate surface area is 146 Å². The molecule has 1 unspecified atom stereocenters. The van der Waals surface area contributed by atoms with Crippen molar-refractivity contribution in [2.24, 2.45) is 0 Å². The highest BCUT2D eigenvalue weighted by molar-refractivity contribution is 5.95. The summed E-state index contributed by atoms with van der Waals surface area (Å²) in [6.45, 7) is 5.88. The summed E-state index contributed by atoms with van der Waals surface area (Å²) in [7, 11) is 0. The van der Waals surface area contributed by atoms with Crippen LogP contribution in [0.2, 0.25) is 0 Å². The highest BCUT2D eigenvalue weighted by Gasteiger charge is 2.26. The predicted octanol–water partition coefficient (Wildman–Crippen LogP) is 2.82. The van der Waals surface area contributed by atoms with Crippen molar-refractivity contribution in [3.05, 3.63) is 47.3 Å². The van der Waals surface area contributed by atoms with Gasteiger partial charge in [0.2, 0.25) is 0 Å². The smallest absolute Gasteiger partial charge is 0.255 e. The van der Waals surface area contributed by atoms with E-state index in [1.165, 1.54) is 6.07 Å². The van der Waals surface area contributed by atoms with Gasteiger partial charge in [0, 0.05) is 38.1 Å². The maximum Gasteiger partial charge on any atom is 0.255 e. The summed E-state index contributed by atoms with van der Waals surface area (Å²) in [6, 6.07) is 1.04. The molecule has 6 nitrogen and oxygen atoms in total. The molecule has 25 heavy (non-hydrogen) atoms. The van der Waals surface area contributed by atoms with Crippen molar-refractivity contribution >= 4 is 5.91 Å². The number of ether oxygens (including phenoxy) is 1. The summed E-state index contributed by atoms with van der Waals surface area (Å²) < 4.78 is 20.5. The van der Waals surface area contributed by atoms with E-state index in [0.717, 1.165) is 24.7 Å². The molecule has 7 heteroatoms. The van der Waals surface area contributed by atoms with Crippen LogP contribution >= 0.6 is 0 Å². The van der Waals surface area contributed by atoms with Crippen molar-refractivity contribution in [1.82, 2.24) is 20.1 Å². The van der Waals surface area contributed by atoms with Crippen LogP contribution < -0.4 is 5.32 Å². The number of rotatable bonds is 5. The number of hydrogen-bond donors (Lipinski definition) is 1. The highest BCUT2D eigenvalue weighted by Crippen LogP contribution is 2.28. The van der Waals surface area contributed by atoms with E-state index >= 15 is 0 Å². The number of amides is 1. The van der Waals surface area contributed by atoms with E-state index in [0.29, 0.717) is 30.9 Å². The van der Waals surface area contributed by atoms with E-state index in [9.17, 15) is 9.18 Å². The average Bonchev–Trinajstić information content (AvgIpc) is 3.07. The standard InChI is InChI=1S/C18H23FN4O2/c1-3-23-11-16(17(22-23)13-4-6-25-7-5-13)18(24)21-12(2)14-8-15(19)10-20-9-14/h8-13H,3-7H2,1-2H3,(H,21,24). The Kier molecular flexibility index (Phi) is 5.43. The van der Waals surface area contributed by atoms with Crippen LogP contribution in [0.15, 0.2) is 24.7 Å². The molecule has 1 aliphatic heterocycles. The van der Waals surface area contributed by atoms with Gasteiger partial charge in [-0.2, -0.15) is 5.10 Å². The van der Waals surface area contributed by atoms with E-state index in [-0.39, 0.29) is 17.9 Å². The molecule has 134 valence electrons. The largest absolute Gasteiger partial charge is 0.381 e. The van der Waals surface area contributed by atoms with Gasteiger partial charge in [-0.15, -0.1) is 0 Å². The molecule has 1 aliphatic rings. The van der Waals surface area contributed by atoms with Gasteiger partial charge in [-0.1, -0.05) is 0 Å². The van der Waals surface area contributed by atoms with Crippen LogP contribution in [0.3, 0.4) is 0 Å². The minimum Gasteiger partial charge on any atom is -0.381 e. The summed E-state index contributed by atoms with van der Waals surface area (Å²) in [5.74, 6) is -0.383. The predicted molar refractivity (Wildman–Crippen MR) is 90.8 cm³/mol. The number of halogens is 1. The lowest BCUT2D eigenvalue weighted by atomic mass is 9.93. The van der Waals surface area contributed by atoms with Crippen molar-refractivity contribution in [1.29, 1.82) is 0 Å².